The Balaban J connectivity index is 2.01. The molecule has 0 aliphatic rings. The molecule has 0 aliphatic heterocycles. The molecule has 1 aromatic heterocycles. The second-order valence-corrected chi connectivity index (χ2v) is 11.3. The number of carbonyl (C=O) groups excluding carboxylic acids is 1. The lowest BCUT2D eigenvalue weighted by molar-refractivity contribution is 0.0971. The van der Waals surface area contributed by atoms with Crippen molar-refractivity contribution in [3.63, 3.8) is 0 Å². The van der Waals surface area contributed by atoms with E-state index < -0.39 is 15.9 Å². The second kappa shape index (κ2) is 9.14. The van der Waals surface area contributed by atoms with Crippen LogP contribution in [0.5, 0.6) is 0 Å². The van der Waals surface area contributed by atoms with E-state index in [-0.39, 0.29) is 16.0 Å². The van der Waals surface area contributed by atoms with Crippen LogP contribution in [0, 0.1) is 20.8 Å². The first kappa shape index (κ1) is 24.7. The molecular weight excluding hydrogens is 434 g/mol. The van der Waals surface area contributed by atoms with Gasteiger partial charge in [0.25, 0.3) is 15.9 Å². The molecule has 0 unspecified atom stereocenters. The maximum atomic E-state index is 13.2. The molecule has 0 radical (unpaired) electrons. The minimum Gasteiger partial charge on any atom is -0.266 e. The number of nitrogens with one attached hydrogen (secondary N) is 1. The van der Waals surface area contributed by atoms with Gasteiger partial charge in [0, 0.05) is 5.41 Å². The molecule has 1 heterocycles. The Kier molecular flexibility index (Phi) is 6.84. The van der Waals surface area contributed by atoms with Crippen LogP contribution in [-0.2, 0) is 28.4 Å². The summed E-state index contributed by atoms with van der Waals surface area (Å²) in [5.41, 5.74) is 5.98. The van der Waals surface area contributed by atoms with Crippen LogP contribution in [-0.4, -0.2) is 24.1 Å². The van der Waals surface area contributed by atoms with Crippen LogP contribution < -0.4 is 4.72 Å². The Morgan fingerprint density at radius 2 is 1.67 bits per heavy atom. The first-order valence-corrected chi connectivity index (χ1v) is 12.6. The molecule has 3 rings (SSSR count). The third-order valence-electron chi connectivity index (χ3n) is 5.77. The summed E-state index contributed by atoms with van der Waals surface area (Å²) in [5.74, 6) is -0.692. The molecule has 1 N–H and O–H groups in total. The predicted molar refractivity (Wildman–Crippen MR) is 131 cm³/mol. The molecule has 0 spiro atoms. The molecule has 3 aromatic rings. The van der Waals surface area contributed by atoms with Crippen molar-refractivity contribution in [2.45, 2.75) is 71.7 Å². The molecule has 33 heavy (non-hydrogen) atoms. The Labute approximate surface area is 197 Å². The standard InChI is InChI=1S/C26H33N3O3S/c1-8-20-10-9-11-21(14-20)33(31,32)28-25(30)23-15-24(26(5,6)7)27-29(23)16-22-18(3)12-17(2)13-19(22)4/h9-15H,8,16H2,1-7H3,(H,28,30). The monoisotopic (exact) mass is 467 g/mol. The number of rotatable bonds is 6. The van der Waals surface area contributed by atoms with E-state index in [0.29, 0.717) is 13.0 Å². The summed E-state index contributed by atoms with van der Waals surface area (Å²) < 4.78 is 29.7. The third kappa shape index (κ3) is 5.53. The van der Waals surface area contributed by atoms with Crippen LogP contribution >= 0.6 is 0 Å². The molecule has 7 heteroatoms. The number of hydrogen-bond donors (Lipinski definition) is 1. The number of aromatic nitrogens is 2. The van der Waals surface area contributed by atoms with E-state index >= 15 is 0 Å². The molecule has 2 aromatic carbocycles. The molecule has 0 fully saturated rings. The normalized spacial score (nSPS) is 12.1. The maximum absolute atomic E-state index is 13.2. The van der Waals surface area contributed by atoms with E-state index in [1.54, 1.807) is 22.9 Å². The average Bonchev–Trinajstić information content (AvgIpc) is 3.15. The molecule has 0 saturated carbocycles. The van der Waals surface area contributed by atoms with Crippen molar-refractivity contribution in [2.24, 2.45) is 0 Å². The van der Waals surface area contributed by atoms with Gasteiger partial charge in [0.1, 0.15) is 5.69 Å². The lowest BCUT2D eigenvalue weighted by atomic mass is 9.92. The second-order valence-electron chi connectivity index (χ2n) is 9.64. The summed E-state index contributed by atoms with van der Waals surface area (Å²) >= 11 is 0. The Morgan fingerprint density at radius 1 is 1.03 bits per heavy atom. The molecule has 0 saturated heterocycles. The highest BCUT2D eigenvalue weighted by molar-refractivity contribution is 7.90. The average molecular weight is 468 g/mol. The van der Waals surface area contributed by atoms with Crippen molar-refractivity contribution in [3.05, 3.63) is 81.7 Å². The van der Waals surface area contributed by atoms with Crippen LogP contribution in [0.4, 0.5) is 0 Å². The summed E-state index contributed by atoms with van der Waals surface area (Å²) in [6.45, 7) is 14.5. The number of sulfonamides is 1. The number of hydrogen-bond acceptors (Lipinski definition) is 4. The van der Waals surface area contributed by atoms with Crippen LogP contribution in [0.3, 0.4) is 0 Å². The SMILES string of the molecule is CCc1cccc(S(=O)(=O)NC(=O)c2cc(C(C)(C)C)nn2Cc2c(C)cc(C)cc2C)c1. The van der Waals surface area contributed by atoms with Crippen LogP contribution in [0.15, 0.2) is 47.4 Å². The van der Waals surface area contributed by atoms with Gasteiger partial charge in [0.15, 0.2) is 0 Å². The van der Waals surface area contributed by atoms with Gasteiger partial charge >= 0.3 is 0 Å². The van der Waals surface area contributed by atoms with Gasteiger partial charge in [0.2, 0.25) is 0 Å². The quantitative estimate of drug-likeness (QED) is 0.563. The number of carbonyl (C=O) groups is 1. The largest absolute Gasteiger partial charge is 0.283 e. The van der Waals surface area contributed by atoms with Crippen molar-refractivity contribution in [3.8, 4) is 0 Å². The van der Waals surface area contributed by atoms with Gasteiger partial charge in [-0.05, 0) is 67.6 Å². The molecule has 0 atom stereocenters. The molecule has 176 valence electrons. The van der Waals surface area contributed by atoms with Gasteiger partial charge in [-0.2, -0.15) is 5.10 Å². The van der Waals surface area contributed by atoms with Crippen LogP contribution in [0.1, 0.15) is 71.7 Å². The summed E-state index contributed by atoms with van der Waals surface area (Å²) in [7, 11) is -4.02. The minimum atomic E-state index is -4.02. The van der Waals surface area contributed by atoms with E-state index in [4.69, 9.17) is 5.10 Å². The fourth-order valence-corrected chi connectivity index (χ4v) is 4.89. The van der Waals surface area contributed by atoms with Gasteiger partial charge in [-0.3, -0.25) is 9.48 Å². The Morgan fingerprint density at radius 3 is 2.24 bits per heavy atom. The highest BCUT2D eigenvalue weighted by Gasteiger charge is 2.26. The maximum Gasteiger partial charge on any atom is 0.283 e. The summed E-state index contributed by atoms with van der Waals surface area (Å²) in [6.07, 6.45) is 0.703. The summed E-state index contributed by atoms with van der Waals surface area (Å²) in [5, 5.41) is 4.69. The molecule has 0 aliphatic carbocycles. The number of benzene rings is 2. The lowest BCUT2D eigenvalue weighted by Gasteiger charge is -2.15. The van der Waals surface area contributed by atoms with E-state index in [9.17, 15) is 13.2 Å². The first-order chi connectivity index (χ1) is 15.3. The van der Waals surface area contributed by atoms with Gasteiger partial charge in [-0.1, -0.05) is 57.5 Å². The van der Waals surface area contributed by atoms with Gasteiger partial charge in [0.05, 0.1) is 17.1 Å². The van der Waals surface area contributed by atoms with E-state index in [2.05, 4.69) is 16.9 Å². The molecule has 0 bridgehead atoms. The van der Waals surface area contributed by atoms with Gasteiger partial charge in [-0.15, -0.1) is 0 Å². The van der Waals surface area contributed by atoms with Crippen molar-refractivity contribution in [1.29, 1.82) is 0 Å². The molecule has 1 amide bonds. The fourth-order valence-electron chi connectivity index (χ4n) is 3.86. The van der Waals surface area contributed by atoms with Crippen molar-refractivity contribution in [2.75, 3.05) is 0 Å². The first-order valence-electron chi connectivity index (χ1n) is 11.1. The summed E-state index contributed by atoms with van der Waals surface area (Å²) in [4.78, 5) is 13.3. The van der Waals surface area contributed by atoms with E-state index in [1.165, 1.54) is 11.6 Å². The number of amides is 1. The van der Waals surface area contributed by atoms with E-state index in [0.717, 1.165) is 27.9 Å². The van der Waals surface area contributed by atoms with Crippen LogP contribution in [0.25, 0.3) is 0 Å². The number of nitrogens with zero attached hydrogens (tertiary/aromatic N) is 2. The zero-order valence-corrected chi connectivity index (χ0v) is 21.3. The lowest BCUT2D eigenvalue weighted by Crippen LogP contribution is -2.32. The van der Waals surface area contributed by atoms with Crippen LogP contribution in [0.2, 0.25) is 0 Å². The van der Waals surface area contributed by atoms with Crippen molar-refractivity contribution >= 4 is 15.9 Å². The number of aryl methyl sites for hydroxylation is 4. The smallest absolute Gasteiger partial charge is 0.266 e. The summed E-state index contributed by atoms with van der Waals surface area (Å²) in [6, 6.07) is 12.5. The zero-order chi connectivity index (χ0) is 24.6. The van der Waals surface area contributed by atoms with Gasteiger partial charge < -0.3 is 0 Å². The molecular formula is C26H33N3O3S. The van der Waals surface area contributed by atoms with E-state index in [1.807, 2.05) is 54.5 Å². The minimum absolute atomic E-state index is 0.0718. The third-order valence-corrected chi connectivity index (χ3v) is 7.10. The topological polar surface area (TPSA) is 81.1 Å². The highest BCUT2D eigenvalue weighted by atomic mass is 32.2. The predicted octanol–water partition coefficient (Wildman–Crippen LogP) is 4.84. The Hall–Kier alpha value is -2.93. The zero-order valence-electron chi connectivity index (χ0n) is 20.5. The highest BCUT2D eigenvalue weighted by Crippen LogP contribution is 2.24. The molecule has 6 nitrogen and oxygen atoms in total. The van der Waals surface area contributed by atoms with Crippen molar-refractivity contribution in [1.82, 2.24) is 14.5 Å². The fraction of sp³-hybridized carbons (Fsp3) is 0.385. The van der Waals surface area contributed by atoms with Crippen molar-refractivity contribution < 1.29 is 13.2 Å². The Bertz CT molecular complexity index is 1280. The van der Waals surface area contributed by atoms with Gasteiger partial charge in [-0.25, -0.2) is 13.1 Å².